The van der Waals surface area contributed by atoms with Gasteiger partial charge in [0, 0.05) is 36.6 Å². The number of hydrogen-bond donors (Lipinski definition) is 7. The van der Waals surface area contributed by atoms with E-state index in [1.165, 1.54) is 0 Å². The van der Waals surface area contributed by atoms with Crippen molar-refractivity contribution in [2.45, 2.75) is 52.5 Å². The Morgan fingerprint density at radius 3 is 1.80 bits per heavy atom. The highest BCUT2D eigenvalue weighted by molar-refractivity contribution is 6.01. The number of aromatic nitrogens is 4. The van der Waals surface area contributed by atoms with Gasteiger partial charge in [0.25, 0.3) is 0 Å². The highest BCUT2D eigenvalue weighted by Crippen LogP contribution is 2.24. The van der Waals surface area contributed by atoms with E-state index in [1.807, 2.05) is 86.1 Å². The van der Waals surface area contributed by atoms with Gasteiger partial charge in [0.05, 0.1) is 11.4 Å². The summed E-state index contributed by atoms with van der Waals surface area (Å²) in [5, 5.41) is 28.1. The van der Waals surface area contributed by atoms with Gasteiger partial charge in [-0.1, -0.05) is 76.2 Å². The van der Waals surface area contributed by atoms with Crippen molar-refractivity contribution < 1.29 is 14.8 Å². The number of carbonyl (C=O) groups excluding carboxylic acids is 2. The van der Waals surface area contributed by atoms with E-state index in [0.717, 1.165) is 52.3 Å². The number of fused-ring (bicyclic) bond motifs is 2. The lowest BCUT2D eigenvalue weighted by Crippen LogP contribution is -2.22. The molecular weight excluding hydrogens is 695 g/mol. The van der Waals surface area contributed by atoms with E-state index in [1.54, 1.807) is 6.07 Å². The molecule has 0 aliphatic rings. The topological polar surface area (TPSA) is 181 Å². The highest BCUT2D eigenvalue weighted by atomic mass is 16.5. The fourth-order valence-corrected chi connectivity index (χ4v) is 6.01. The average molecular weight is 742 g/mol. The lowest BCUT2D eigenvalue weighted by molar-refractivity contribution is 0.261. The molecule has 0 fully saturated rings. The van der Waals surface area contributed by atoms with Crippen LogP contribution in [0.15, 0.2) is 91.0 Å². The van der Waals surface area contributed by atoms with E-state index in [9.17, 15) is 14.8 Å². The van der Waals surface area contributed by atoms with Crippen LogP contribution in [0.3, 0.4) is 0 Å². The van der Waals surface area contributed by atoms with E-state index >= 15 is 0 Å². The van der Waals surface area contributed by atoms with E-state index in [4.69, 9.17) is 0 Å². The fraction of sp³-hybridized carbons (Fsp3) is 0.268. The molecule has 0 saturated carbocycles. The molecule has 0 saturated heterocycles. The van der Waals surface area contributed by atoms with Crippen molar-refractivity contribution in [1.29, 1.82) is 0 Å². The maximum Gasteiger partial charge on any atom is 0.326 e. The summed E-state index contributed by atoms with van der Waals surface area (Å²) in [5.41, 5.74) is 5.96. The summed E-state index contributed by atoms with van der Waals surface area (Å²) in [6.45, 7) is 10.3. The molecule has 4 aromatic carbocycles. The van der Waals surface area contributed by atoms with Gasteiger partial charge < -0.3 is 20.9 Å². The Bertz CT molecular complexity index is 2300. The third kappa shape index (κ3) is 10.6. The Hall–Kier alpha value is -6.38. The molecule has 14 heteroatoms. The summed E-state index contributed by atoms with van der Waals surface area (Å²) < 4.78 is 0. The standard InChI is InChI=1S/C41H47N11O3/c1-25(2)34-22-36(47-38(45-34)49-40(53)43-32-15-13-28-9-6-7-10-30(28)20-32)42-17-8-18-52(5)24-27-11-12-29-14-16-33(21-31(29)19-27)44-41(54)50-39-46-35(26(3)4)23-37(48-39)51-55/h6-7,9-16,19-23,25-26,55H,8,17-18,24H2,1-5H3,(H3,42,43,45,47,49,53)(H3,44,46,48,50,51,54). The number of rotatable bonds is 14. The minimum Gasteiger partial charge on any atom is -0.370 e. The molecule has 0 atom stereocenters. The normalized spacial score (nSPS) is 11.3. The lowest BCUT2D eigenvalue weighted by atomic mass is 10.1. The second-order valence-electron chi connectivity index (χ2n) is 14.1. The summed E-state index contributed by atoms with van der Waals surface area (Å²) in [7, 11) is 2.08. The quantitative estimate of drug-likeness (QED) is 0.0421. The second-order valence-corrected chi connectivity index (χ2v) is 14.1. The summed E-state index contributed by atoms with van der Waals surface area (Å²) in [5.74, 6) is 1.39. The van der Waals surface area contributed by atoms with Gasteiger partial charge in [-0.2, -0.15) is 9.97 Å². The van der Waals surface area contributed by atoms with E-state index in [-0.39, 0.29) is 29.6 Å². The van der Waals surface area contributed by atoms with Gasteiger partial charge >= 0.3 is 12.1 Å². The monoisotopic (exact) mass is 741 g/mol. The van der Waals surface area contributed by atoms with Crippen LogP contribution in [-0.2, 0) is 6.54 Å². The number of urea groups is 2. The summed E-state index contributed by atoms with van der Waals surface area (Å²) in [4.78, 5) is 45.6. The van der Waals surface area contributed by atoms with Crippen molar-refractivity contribution >= 4 is 68.5 Å². The molecule has 0 aliphatic heterocycles. The minimum atomic E-state index is -0.494. The smallest absolute Gasteiger partial charge is 0.326 e. The van der Waals surface area contributed by atoms with Gasteiger partial charge in [0.2, 0.25) is 11.9 Å². The third-order valence-electron chi connectivity index (χ3n) is 8.89. The molecule has 0 radical (unpaired) electrons. The Balaban J connectivity index is 0.999. The van der Waals surface area contributed by atoms with Crippen LogP contribution in [0.1, 0.15) is 62.9 Å². The summed E-state index contributed by atoms with van der Waals surface area (Å²) in [6.07, 6.45) is 0.860. The first-order valence-electron chi connectivity index (χ1n) is 18.3. The Morgan fingerprint density at radius 1 is 0.636 bits per heavy atom. The zero-order valence-corrected chi connectivity index (χ0v) is 31.6. The van der Waals surface area contributed by atoms with E-state index in [0.29, 0.717) is 29.4 Å². The van der Waals surface area contributed by atoms with Crippen LogP contribution in [0, 0.1) is 0 Å². The highest BCUT2D eigenvalue weighted by Gasteiger charge is 2.13. The number of carbonyl (C=O) groups is 2. The van der Waals surface area contributed by atoms with Crippen molar-refractivity contribution in [3.05, 3.63) is 108 Å². The molecule has 2 heterocycles. The average Bonchev–Trinajstić information content (AvgIpc) is 3.16. The summed E-state index contributed by atoms with van der Waals surface area (Å²) >= 11 is 0. The molecular formula is C41H47N11O3. The fourth-order valence-electron chi connectivity index (χ4n) is 6.01. The molecule has 2 aromatic heterocycles. The van der Waals surface area contributed by atoms with Gasteiger partial charge in [-0.05, 0) is 89.3 Å². The number of hydrogen-bond acceptors (Lipinski definition) is 10. The van der Waals surface area contributed by atoms with Gasteiger partial charge in [0.1, 0.15) is 5.82 Å². The largest absolute Gasteiger partial charge is 0.370 e. The van der Waals surface area contributed by atoms with Crippen molar-refractivity contribution in [2.24, 2.45) is 0 Å². The third-order valence-corrected chi connectivity index (χ3v) is 8.89. The Morgan fingerprint density at radius 2 is 1.18 bits per heavy atom. The van der Waals surface area contributed by atoms with Crippen molar-refractivity contribution in [1.82, 2.24) is 24.8 Å². The lowest BCUT2D eigenvalue weighted by Gasteiger charge is -2.18. The predicted molar refractivity (Wildman–Crippen MR) is 220 cm³/mol. The minimum absolute atomic E-state index is 0.0770. The molecule has 0 unspecified atom stereocenters. The zero-order valence-electron chi connectivity index (χ0n) is 31.6. The van der Waals surface area contributed by atoms with Crippen molar-refractivity contribution in [2.75, 3.05) is 52.2 Å². The number of nitrogens with one attached hydrogen (secondary N) is 6. The molecule has 4 amide bonds. The van der Waals surface area contributed by atoms with Crippen LogP contribution < -0.4 is 32.1 Å². The van der Waals surface area contributed by atoms with Gasteiger partial charge in [0.15, 0.2) is 5.82 Å². The maximum atomic E-state index is 12.9. The number of anilines is 6. The maximum absolute atomic E-state index is 12.9. The molecule has 7 N–H and O–H groups in total. The van der Waals surface area contributed by atoms with Crippen LogP contribution >= 0.6 is 0 Å². The number of amides is 4. The molecule has 0 spiro atoms. The number of nitrogens with zero attached hydrogens (tertiary/aromatic N) is 5. The molecule has 6 aromatic rings. The zero-order chi connectivity index (χ0) is 38.9. The van der Waals surface area contributed by atoms with Crippen LogP contribution in [-0.4, -0.2) is 62.2 Å². The van der Waals surface area contributed by atoms with E-state index in [2.05, 4.69) is 90.5 Å². The second kappa shape index (κ2) is 17.6. The van der Waals surface area contributed by atoms with Gasteiger partial charge in [-0.3, -0.25) is 21.3 Å². The van der Waals surface area contributed by atoms with Gasteiger partial charge in [-0.15, -0.1) is 0 Å². The summed E-state index contributed by atoms with van der Waals surface area (Å²) in [6, 6.07) is 28.4. The molecule has 0 aliphatic carbocycles. The van der Waals surface area contributed by atoms with Crippen molar-refractivity contribution in [3.63, 3.8) is 0 Å². The molecule has 284 valence electrons. The number of benzene rings is 4. The first-order chi connectivity index (χ1) is 26.5. The predicted octanol–water partition coefficient (Wildman–Crippen LogP) is 8.84. The first-order valence-corrected chi connectivity index (χ1v) is 18.3. The Labute approximate surface area is 320 Å². The molecule has 55 heavy (non-hydrogen) atoms. The van der Waals surface area contributed by atoms with Crippen LogP contribution in [0.4, 0.5) is 44.5 Å². The van der Waals surface area contributed by atoms with E-state index < -0.39 is 12.1 Å². The SMILES string of the molecule is CC(C)c1cc(NO)nc(NC(=O)Nc2ccc3ccc(CN(C)CCCNc4cc(C(C)C)nc(NC(=O)Nc5ccc6ccccc6c5)n4)cc3c2)n1. The Kier molecular flexibility index (Phi) is 12.3. The molecule has 0 bridgehead atoms. The first kappa shape index (κ1) is 38.3. The van der Waals surface area contributed by atoms with Crippen molar-refractivity contribution in [3.8, 4) is 0 Å². The van der Waals surface area contributed by atoms with Crippen LogP contribution in [0.25, 0.3) is 21.5 Å². The molecule has 14 nitrogen and oxygen atoms in total. The van der Waals surface area contributed by atoms with Crippen LogP contribution in [0.2, 0.25) is 0 Å². The van der Waals surface area contributed by atoms with Crippen LogP contribution in [0.5, 0.6) is 0 Å². The van der Waals surface area contributed by atoms with Gasteiger partial charge in [-0.25, -0.2) is 19.6 Å². The molecule has 6 rings (SSSR count).